The van der Waals surface area contributed by atoms with Crippen LogP contribution in [0.4, 0.5) is 0 Å². The average molecular weight is 156 g/mol. The van der Waals surface area contributed by atoms with Crippen molar-refractivity contribution in [2.45, 2.75) is 31.3 Å². The Balaban J connectivity index is 2.09. The quantitative estimate of drug-likeness (QED) is 0.626. The highest BCUT2D eigenvalue weighted by atomic mass is 32.2. The van der Waals surface area contributed by atoms with Gasteiger partial charge in [-0.3, -0.25) is 0 Å². The van der Waals surface area contributed by atoms with E-state index in [0.717, 1.165) is 19.3 Å². The molecule has 1 aliphatic heterocycles. The first-order valence-corrected chi connectivity index (χ1v) is 4.86. The van der Waals surface area contributed by atoms with E-state index in [4.69, 9.17) is 0 Å². The average Bonchev–Trinajstić information content (AvgIpc) is 2.33. The van der Waals surface area contributed by atoms with Gasteiger partial charge < -0.3 is 5.11 Å². The van der Waals surface area contributed by atoms with Gasteiger partial charge in [0.2, 0.25) is 0 Å². The van der Waals surface area contributed by atoms with Crippen LogP contribution in [0.25, 0.3) is 0 Å². The molecule has 2 heteroatoms. The first-order chi connectivity index (χ1) is 4.81. The molecule has 0 radical (unpaired) electrons. The molecule has 0 aromatic carbocycles. The smallest absolute Gasteiger partial charge is 0.0951 e. The highest BCUT2D eigenvalue weighted by Crippen LogP contribution is 2.45. The molecule has 0 atom stereocenters. The zero-order chi connectivity index (χ0) is 7.03. The van der Waals surface area contributed by atoms with Crippen LogP contribution in [0.1, 0.15) is 25.7 Å². The molecule has 0 aromatic rings. The number of hydrogen-bond donors (Lipinski definition) is 1. The molecule has 2 aliphatic rings. The Bertz CT molecular complexity index is 170. The van der Waals surface area contributed by atoms with Crippen LogP contribution in [0.3, 0.4) is 0 Å². The van der Waals surface area contributed by atoms with Crippen molar-refractivity contribution >= 4 is 11.8 Å². The van der Waals surface area contributed by atoms with Gasteiger partial charge in [-0.05, 0) is 25.7 Å². The van der Waals surface area contributed by atoms with Crippen LogP contribution < -0.4 is 0 Å². The lowest BCUT2D eigenvalue weighted by atomic mass is 9.80. The Hall–Kier alpha value is 0.0500. The summed E-state index contributed by atoms with van der Waals surface area (Å²) in [5.41, 5.74) is -0.374. The highest BCUT2D eigenvalue weighted by molar-refractivity contribution is 8.03. The van der Waals surface area contributed by atoms with Crippen LogP contribution >= 0.6 is 11.8 Å². The molecule has 1 nitrogen and oxygen atoms in total. The van der Waals surface area contributed by atoms with E-state index in [2.05, 4.69) is 6.08 Å². The summed E-state index contributed by atoms with van der Waals surface area (Å²) in [6.45, 7) is 0. The van der Waals surface area contributed by atoms with Gasteiger partial charge in [-0.25, -0.2) is 0 Å². The fourth-order valence-electron chi connectivity index (χ4n) is 1.50. The fourth-order valence-corrected chi connectivity index (χ4v) is 2.66. The van der Waals surface area contributed by atoms with Crippen molar-refractivity contribution in [1.29, 1.82) is 0 Å². The highest BCUT2D eigenvalue weighted by Gasteiger charge is 2.39. The molecular formula is C8H12OS. The molecule has 2 rings (SSSR count). The zero-order valence-electron chi connectivity index (χ0n) is 5.97. The Kier molecular flexibility index (Phi) is 1.53. The van der Waals surface area contributed by atoms with E-state index in [1.165, 1.54) is 17.1 Å². The Morgan fingerprint density at radius 3 is 2.70 bits per heavy atom. The summed E-state index contributed by atoms with van der Waals surface area (Å²) in [5, 5.41) is 9.82. The Morgan fingerprint density at radius 1 is 1.50 bits per heavy atom. The topological polar surface area (TPSA) is 20.2 Å². The van der Waals surface area contributed by atoms with E-state index in [-0.39, 0.29) is 5.60 Å². The molecule has 0 aromatic heterocycles. The second-order valence-corrected chi connectivity index (χ2v) is 4.23. The van der Waals surface area contributed by atoms with Gasteiger partial charge in [-0.15, -0.1) is 11.8 Å². The van der Waals surface area contributed by atoms with Crippen molar-refractivity contribution in [3.63, 3.8) is 0 Å². The molecule has 0 saturated heterocycles. The van der Waals surface area contributed by atoms with Crippen LogP contribution in [0.2, 0.25) is 0 Å². The third kappa shape index (κ3) is 0.903. The molecule has 0 unspecified atom stereocenters. The molecule has 1 N–H and O–H groups in total. The third-order valence-corrected chi connectivity index (χ3v) is 3.64. The van der Waals surface area contributed by atoms with Gasteiger partial charge in [0.1, 0.15) is 0 Å². The molecule has 0 spiro atoms. The van der Waals surface area contributed by atoms with Crippen molar-refractivity contribution in [2.75, 3.05) is 5.75 Å². The van der Waals surface area contributed by atoms with Crippen molar-refractivity contribution < 1.29 is 5.11 Å². The Morgan fingerprint density at radius 2 is 2.30 bits per heavy atom. The van der Waals surface area contributed by atoms with Gasteiger partial charge in [-0.1, -0.05) is 6.08 Å². The minimum Gasteiger partial charge on any atom is -0.385 e. The monoisotopic (exact) mass is 156 g/mol. The second kappa shape index (κ2) is 2.28. The van der Waals surface area contributed by atoms with Crippen LogP contribution in [0.15, 0.2) is 11.0 Å². The van der Waals surface area contributed by atoms with Crippen molar-refractivity contribution in [1.82, 2.24) is 0 Å². The molecular weight excluding hydrogens is 144 g/mol. The maximum atomic E-state index is 9.82. The minimum atomic E-state index is -0.374. The maximum absolute atomic E-state index is 9.82. The standard InChI is InChI=1S/C8H12OS/c9-8(4-2-5-8)7-3-1-6-10-7/h3,9H,1-2,4-6H2. The van der Waals surface area contributed by atoms with Crippen LogP contribution in [-0.4, -0.2) is 16.5 Å². The molecule has 1 fully saturated rings. The summed E-state index contributed by atoms with van der Waals surface area (Å²) in [5.74, 6) is 1.18. The minimum absolute atomic E-state index is 0.374. The molecule has 1 saturated carbocycles. The maximum Gasteiger partial charge on any atom is 0.0951 e. The molecule has 10 heavy (non-hydrogen) atoms. The number of rotatable bonds is 1. The molecule has 56 valence electrons. The number of thioether (sulfide) groups is 1. The summed E-state index contributed by atoms with van der Waals surface area (Å²) in [6, 6.07) is 0. The van der Waals surface area contributed by atoms with E-state index in [9.17, 15) is 5.11 Å². The lowest BCUT2D eigenvalue weighted by Crippen LogP contribution is -2.37. The van der Waals surface area contributed by atoms with Gasteiger partial charge in [-0.2, -0.15) is 0 Å². The van der Waals surface area contributed by atoms with Gasteiger partial charge in [0.15, 0.2) is 0 Å². The number of aliphatic hydroxyl groups is 1. The van der Waals surface area contributed by atoms with E-state index < -0.39 is 0 Å². The van der Waals surface area contributed by atoms with E-state index in [1.807, 2.05) is 11.8 Å². The van der Waals surface area contributed by atoms with Crippen molar-refractivity contribution in [3.8, 4) is 0 Å². The van der Waals surface area contributed by atoms with Gasteiger partial charge in [0.25, 0.3) is 0 Å². The first kappa shape index (κ1) is 6.74. The van der Waals surface area contributed by atoms with Crippen LogP contribution in [0, 0.1) is 0 Å². The second-order valence-electron chi connectivity index (χ2n) is 3.09. The van der Waals surface area contributed by atoms with E-state index in [0.29, 0.717) is 0 Å². The molecule has 1 aliphatic carbocycles. The normalized spacial score (nSPS) is 29.5. The predicted octanol–water partition coefficient (Wildman–Crippen LogP) is 1.92. The summed E-state index contributed by atoms with van der Waals surface area (Å²) in [6.07, 6.45) is 6.54. The van der Waals surface area contributed by atoms with Crippen molar-refractivity contribution in [2.24, 2.45) is 0 Å². The van der Waals surface area contributed by atoms with Gasteiger partial charge in [0, 0.05) is 10.7 Å². The fraction of sp³-hybridized carbons (Fsp3) is 0.750. The molecule has 1 heterocycles. The molecule has 0 amide bonds. The number of hydrogen-bond acceptors (Lipinski definition) is 2. The summed E-state index contributed by atoms with van der Waals surface area (Å²) < 4.78 is 0. The molecule has 0 bridgehead atoms. The lowest BCUT2D eigenvalue weighted by molar-refractivity contribution is 0.0106. The largest absolute Gasteiger partial charge is 0.385 e. The van der Waals surface area contributed by atoms with E-state index in [1.54, 1.807) is 0 Å². The SMILES string of the molecule is OC1(C2=CCCS2)CCC1. The van der Waals surface area contributed by atoms with Gasteiger partial charge in [0.05, 0.1) is 5.60 Å². The summed E-state index contributed by atoms with van der Waals surface area (Å²) in [4.78, 5) is 1.25. The van der Waals surface area contributed by atoms with Crippen LogP contribution in [0.5, 0.6) is 0 Å². The van der Waals surface area contributed by atoms with E-state index >= 15 is 0 Å². The first-order valence-electron chi connectivity index (χ1n) is 3.87. The van der Waals surface area contributed by atoms with Crippen LogP contribution in [-0.2, 0) is 0 Å². The summed E-state index contributed by atoms with van der Waals surface area (Å²) in [7, 11) is 0. The number of allylic oxidation sites excluding steroid dienone is 1. The summed E-state index contributed by atoms with van der Waals surface area (Å²) >= 11 is 1.84. The van der Waals surface area contributed by atoms with Gasteiger partial charge >= 0.3 is 0 Å². The zero-order valence-corrected chi connectivity index (χ0v) is 6.78. The predicted molar refractivity (Wildman–Crippen MR) is 44.0 cm³/mol. The Labute approximate surface area is 65.5 Å². The van der Waals surface area contributed by atoms with Crippen molar-refractivity contribution in [3.05, 3.63) is 11.0 Å². The lowest BCUT2D eigenvalue weighted by Gasteiger charge is -2.37. The third-order valence-electron chi connectivity index (χ3n) is 2.34.